The molecule has 1 aromatic rings. The van der Waals surface area contributed by atoms with Crippen molar-refractivity contribution >= 4 is 0 Å². The first-order chi connectivity index (χ1) is 9.86. The van der Waals surface area contributed by atoms with Crippen molar-refractivity contribution in [2.24, 2.45) is 17.8 Å². The van der Waals surface area contributed by atoms with Crippen LogP contribution >= 0.6 is 0 Å². The number of ether oxygens (including phenoxy) is 1. The van der Waals surface area contributed by atoms with Crippen molar-refractivity contribution in [2.75, 3.05) is 13.2 Å². The topological polar surface area (TPSA) is 45.0 Å². The Kier molecular flexibility index (Phi) is 4.22. The minimum absolute atomic E-state index is 0.113. The summed E-state index contributed by atoms with van der Waals surface area (Å²) in [5.74, 6) is 3.69. The Balaban J connectivity index is 1.46. The van der Waals surface area contributed by atoms with Gasteiger partial charge in [0, 0.05) is 6.54 Å². The van der Waals surface area contributed by atoms with E-state index < -0.39 is 0 Å². The summed E-state index contributed by atoms with van der Waals surface area (Å²) in [7, 11) is 0. The Labute approximate surface area is 120 Å². The highest BCUT2D eigenvalue weighted by Crippen LogP contribution is 2.48. The Morgan fingerprint density at radius 2 is 2.00 bits per heavy atom. The third-order valence-electron chi connectivity index (χ3n) is 4.37. The maximum Gasteiger partial charge on any atom is 0.174 e. The van der Waals surface area contributed by atoms with Gasteiger partial charge in [-0.1, -0.05) is 12.1 Å². The van der Waals surface area contributed by atoms with Crippen LogP contribution in [0.25, 0.3) is 0 Å². The molecule has 0 saturated heterocycles. The molecule has 1 N–H and O–H groups in total. The fourth-order valence-corrected chi connectivity index (χ4v) is 3.01. The van der Waals surface area contributed by atoms with Crippen molar-refractivity contribution in [3.8, 4) is 11.8 Å². The van der Waals surface area contributed by atoms with Gasteiger partial charge in [-0.25, -0.2) is 0 Å². The van der Waals surface area contributed by atoms with Crippen molar-refractivity contribution in [1.29, 1.82) is 5.26 Å². The molecule has 3 heteroatoms. The van der Waals surface area contributed by atoms with Crippen LogP contribution in [0.2, 0.25) is 0 Å². The number of hydrogen-bond donors (Lipinski definition) is 1. The van der Waals surface area contributed by atoms with Crippen LogP contribution in [0.3, 0.4) is 0 Å². The van der Waals surface area contributed by atoms with Crippen LogP contribution in [-0.4, -0.2) is 13.2 Å². The quantitative estimate of drug-likeness (QED) is 0.789. The number of rotatable bonds is 8. The van der Waals surface area contributed by atoms with Gasteiger partial charge in [-0.3, -0.25) is 0 Å². The predicted octanol–water partition coefficient (Wildman–Crippen LogP) is 3.11. The van der Waals surface area contributed by atoms with Crippen LogP contribution in [0.4, 0.5) is 0 Å². The molecule has 0 amide bonds. The molecule has 0 bridgehead atoms. The van der Waals surface area contributed by atoms with E-state index in [0.29, 0.717) is 0 Å². The normalized spacial score (nSPS) is 18.0. The number of nitrogens with zero attached hydrogens (tertiary/aromatic N) is 1. The Hall–Kier alpha value is -1.53. The van der Waals surface area contributed by atoms with Crippen molar-refractivity contribution < 1.29 is 4.74 Å². The largest absolute Gasteiger partial charge is 0.479 e. The van der Waals surface area contributed by atoms with E-state index in [1.54, 1.807) is 0 Å². The summed E-state index contributed by atoms with van der Waals surface area (Å²) in [4.78, 5) is 0. The Morgan fingerprint density at radius 1 is 1.25 bits per heavy atom. The molecule has 0 aromatic heterocycles. The van der Waals surface area contributed by atoms with Crippen LogP contribution in [0, 0.1) is 29.1 Å². The van der Waals surface area contributed by atoms with Crippen LogP contribution in [0.15, 0.2) is 24.3 Å². The molecule has 0 spiro atoms. The average molecular weight is 270 g/mol. The number of nitrogens with one attached hydrogen (secondary N) is 1. The molecule has 2 fully saturated rings. The lowest BCUT2D eigenvalue weighted by Crippen LogP contribution is -2.25. The fraction of sp³-hybridized carbons (Fsp3) is 0.588. The molecule has 3 rings (SSSR count). The van der Waals surface area contributed by atoms with E-state index in [4.69, 9.17) is 10.00 Å². The maximum atomic E-state index is 8.53. The third-order valence-corrected chi connectivity index (χ3v) is 4.37. The highest BCUT2D eigenvalue weighted by Gasteiger charge is 2.40. The molecule has 0 radical (unpaired) electrons. The molecule has 0 unspecified atom stereocenters. The second-order valence-corrected chi connectivity index (χ2v) is 6.06. The molecular weight excluding hydrogens is 248 g/mol. The molecule has 1 aromatic carbocycles. The van der Waals surface area contributed by atoms with E-state index in [-0.39, 0.29) is 6.61 Å². The molecule has 0 atom stereocenters. The SMILES string of the molecule is N#CCOc1cccc(CNCC(C2CC2)C2CC2)c1. The maximum absolute atomic E-state index is 8.53. The van der Waals surface area contributed by atoms with Gasteiger partial charge >= 0.3 is 0 Å². The van der Waals surface area contributed by atoms with Gasteiger partial charge < -0.3 is 10.1 Å². The lowest BCUT2D eigenvalue weighted by atomic mass is 9.98. The standard InChI is InChI=1S/C17H22N2O/c18-8-9-20-16-3-1-2-13(10-16)11-19-12-17(14-4-5-14)15-6-7-15/h1-3,10,14-15,17,19H,4-7,9,11-12H2. The summed E-state index contributed by atoms with van der Waals surface area (Å²) < 4.78 is 5.33. The zero-order chi connectivity index (χ0) is 13.8. The summed E-state index contributed by atoms with van der Waals surface area (Å²) in [5.41, 5.74) is 1.23. The van der Waals surface area contributed by atoms with Crippen LogP contribution in [0.5, 0.6) is 5.75 Å². The van der Waals surface area contributed by atoms with E-state index in [2.05, 4.69) is 11.4 Å². The van der Waals surface area contributed by atoms with E-state index in [9.17, 15) is 0 Å². The zero-order valence-electron chi connectivity index (χ0n) is 11.8. The number of nitriles is 1. The number of benzene rings is 1. The zero-order valence-corrected chi connectivity index (χ0v) is 11.8. The van der Waals surface area contributed by atoms with Gasteiger partial charge in [-0.15, -0.1) is 0 Å². The van der Waals surface area contributed by atoms with Crippen LogP contribution < -0.4 is 10.1 Å². The van der Waals surface area contributed by atoms with Crippen molar-refractivity contribution in [1.82, 2.24) is 5.32 Å². The van der Waals surface area contributed by atoms with Gasteiger partial charge in [0.15, 0.2) is 6.61 Å². The molecule has 0 aliphatic heterocycles. The summed E-state index contributed by atoms with van der Waals surface area (Å²) in [6.07, 6.45) is 5.78. The molecular formula is C17H22N2O. The van der Waals surface area contributed by atoms with Gasteiger partial charge in [0.25, 0.3) is 0 Å². The summed E-state index contributed by atoms with van der Waals surface area (Å²) >= 11 is 0. The second-order valence-electron chi connectivity index (χ2n) is 6.06. The molecule has 0 heterocycles. The van der Waals surface area contributed by atoms with E-state index in [0.717, 1.165) is 36.6 Å². The van der Waals surface area contributed by atoms with E-state index in [1.807, 2.05) is 24.3 Å². The monoisotopic (exact) mass is 270 g/mol. The fourth-order valence-electron chi connectivity index (χ4n) is 3.01. The lowest BCUT2D eigenvalue weighted by Gasteiger charge is -2.16. The smallest absolute Gasteiger partial charge is 0.174 e. The van der Waals surface area contributed by atoms with E-state index >= 15 is 0 Å². The molecule has 2 aliphatic carbocycles. The molecule has 2 aliphatic rings. The van der Waals surface area contributed by atoms with Crippen LogP contribution in [-0.2, 0) is 6.54 Å². The van der Waals surface area contributed by atoms with Gasteiger partial charge in [-0.05, 0) is 67.7 Å². The van der Waals surface area contributed by atoms with Crippen LogP contribution in [0.1, 0.15) is 31.2 Å². The minimum Gasteiger partial charge on any atom is -0.479 e. The van der Waals surface area contributed by atoms with Gasteiger partial charge in [0.2, 0.25) is 0 Å². The molecule has 106 valence electrons. The lowest BCUT2D eigenvalue weighted by molar-refractivity contribution is 0.366. The summed E-state index contributed by atoms with van der Waals surface area (Å²) in [6, 6.07) is 10.0. The Bertz CT molecular complexity index is 474. The highest BCUT2D eigenvalue weighted by atomic mass is 16.5. The van der Waals surface area contributed by atoms with Crippen molar-refractivity contribution in [2.45, 2.75) is 32.2 Å². The summed E-state index contributed by atoms with van der Waals surface area (Å²) in [6.45, 7) is 2.15. The highest BCUT2D eigenvalue weighted by molar-refractivity contribution is 5.28. The predicted molar refractivity (Wildman–Crippen MR) is 78.2 cm³/mol. The number of hydrogen-bond acceptors (Lipinski definition) is 3. The van der Waals surface area contributed by atoms with Gasteiger partial charge in [-0.2, -0.15) is 5.26 Å². The molecule has 2 saturated carbocycles. The molecule has 3 nitrogen and oxygen atoms in total. The first-order valence-corrected chi connectivity index (χ1v) is 7.66. The first-order valence-electron chi connectivity index (χ1n) is 7.66. The van der Waals surface area contributed by atoms with Crippen molar-refractivity contribution in [3.63, 3.8) is 0 Å². The second kappa shape index (κ2) is 6.28. The Morgan fingerprint density at radius 3 is 2.65 bits per heavy atom. The van der Waals surface area contributed by atoms with Gasteiger partial charge in [0.1, 0.15) is 11.8 Å². The first kappa shape index (κ1) is 13.5. The summed E-state index contributed by atoms with van der Waals surface area (Å²) in [5, 5.41) is 12.1. The minimum atomic E-state index is 0.113. The van der Waals surface area contributed by atoms with E-state index in [1.165, 1.54) is 31.2 Å². The molecule has 20 heavy (non-hydrogen) atoms. The van der Waals surface area contributed by atoms with Crippen molar-refractivity contribution in [3.05, 3.63) is 29.8 Å². The van der Waals surface area contributed by atoms with Gasteiger partial charge in [0.05, 0.1) is 0 Å². The third kappa shape index (κ3) is 3.74. The average Bonchev–Trinajstić information content (AvgIpc) is 3.35.